The van der Waals surface area contributed by atoms with Gasteiger partial charge < -0.3 is 20.4 Å². The van der Waals surface area contributed by atoms with Gasteiger partial charge in [-0.15, -0.1) is 0 Å². The molecule has 1 fully saturated rings. The van der Waals surface area contributed by atoms with E-state index in [1.165, 1.54) is 0 Å². The third-order valence-corrected chi connectivity index (χ3v) is 4.14. The third kappa shape index (κ3) is 4.71. The topological polar surface area (TPSA) is 72.8 Å². The van der Waals surface area contributed by atoms with Gasteiger partial charge in [0.2, 0.25) is 5.91 Å². The van der Waals surface area contributed by atoms with E-state index >= 15 is 0 Å². The number of piperidine rings is 1. The molecule has 22 heavy (non-hydrogen) atoms. The van der Waals surface area contributed by atoms with Crippen LogP contribution in [0.2, 0.25) is 0 Å². The second-order valence-electron chi connectivity index (χ2n) is 6.33. The molecule has 1 aliphatic heterocycles. The molecule has 3 N–H and O–H groups in total. The lowest BCUT2D eigenvalue weighted by atomic mass is 10.0. The highest BCUT2D eigenvalue weighted by Crippen LogP contribution is 2.22. The Labute approximate surface area is 131 Å². The molecule has 1 heterocycles. The zero-order valence-corrected chi connectivity index (χ0v) is 13.3. The van der Waals surface area contributed by atoms with E-state index in [1.54, 1.807) is 0 Å². The van der Waals surface area contributed by atoms with E-state index in [2.05, 4.69) is 10.2 Å². The zero-order chi connectivity index (χ0) is 16.1. The first-order valence-corrected chi connectivity index (χ1v) is 7.96. The van der Waals surface area contributed by atoms with Crippen LogP contribution in [0.1, 0.15) is 33.1 Å². The summed E-state index contributed by atoms with van der Waals surface area (Å²) in [7, 11) is 0. The van der Waals surface area contributed by atoms with Crippen LogP contribution in [0.15, 0.2) is 24.3 Å². The first-order chi connectivity index (χ1) is 10.5. The van der Waals surface area contributed by atoms with Gasteiger partial charge in [-0.25, -0.2) is 0 Å². The summed E-state index contributed by atoms with van der Waals surface area (Å²) in [6.45, 7) is 5.49. The van der Waals surface area contributed by atoms with Crippen molar-refractivity contribution in [1.82, 2.24) is 0 Å². The third-order valence-electron chi connectivity index (χ3n) is 4.14. The predicted molar refractivity (Wildman–Crippen MR) is 88.0 cm³/mol. The van der Waals surface area contributed by atoms with Crippen molar-refractivity contribution in [2.75, 3.05) is 23.3 Å². The van der Waals surface area contributed by atoms with Crippen LogP contribution in [0.4, 0.5) is 11.4 Å². The lowest BCUT2D eigenvalue weighted by molar-refractivity contribution is -0.118. The molecular formula is C17H26N2O3. The first-order valence-electron chi connectivity index (χ1n) is 7.96. The number of rotatable bonds is 5. The minimum Gasteiger partial charge on any atom is -0.393 e. The summed E-state index contributed by atoms with van der Waals surface area (Å²) >= 11 is 0. The van der Waals surface area contributed by atoms with Crippen LogP contribution in [-0.4, -0.2) is 41.4 Å². The maximum absolute atomic E-state index is 11.8. The number of carbonyl (C=O) groups excluding carboxylic acids is 1. The highest BCUT2D eigenvalue weighted by atomic mass is 16.3. The van der Waals surface area contributed by atoms with E-state index in [-0.39, 0.29) is 24.3 Å². The normalized spacial score (nSPS) is 17.6. The average molecular weight is 306 g/mol. The van der Waals surface area contributed by atoms with E-state index < -0.39 is 6.10 Å². The maximum Gasteiger partial charge on any atom is 0.226 e. The van der Waals surface area contributed by atoms with E-state index in [0.717, 1.165) is 37.3 Å². The summed E-state index contributed by atoms with van der Waals surface area (Å²) in [5, 5.41) is 22.1. The molecule has 5 nitrogen and oxygen atoms in total. The van der Waals surface area contributed by atoms with Gasteiger partial charge in [0, 0.05) is 24.5 Å². The van der Waals surface area contributed by atoms with Gasteiger partial charge >= 0.3 is 0 Å². The SMILES string of the molecule is CC(C)[C@@H](O)CC(=O)Nc1ccc(N2CCC(O)CC2)cc1. The molecule has 2 rings (SSSR count). The molecule has 0 spiro atoms. The van der Waals surface area contributed by atoms with Crippen molar-refractivity contribution in [3.05, 3.63) is 24.3 Å². The molecule has 1 aromatic carbocycles. The molecule has 122 valence electrons. The van der Waals surface area contributed by atoms with Crippen LogP contribution in [0.5, 0.6) is 0 Å². The largest absolute Gasteiger partial charge is 0.393 e. The molecule has 5 heteroatoms. The highest BCUT2D eigenvalue weighted by molar-refractivity contribution is 5.91. The average Bonchev–Trinajstić information content (AvgIpc) is 2.48. The Kier molecular flexibility index (Phi) is 5.80. The van der Waals surface area contributed by atoms with Crippen LogP contribution in [0.25, 0.3) is 0 Å². The Bertz CT molecular complexity index is 479. The summed E-state index contributed by atoms with van der Waals surface area (Å²) in [6.07, 6.45) is 0.918. The number of nitrogens with zero attached hydrogens (tertiary/aromatic N) is 1. The molecule has 0 bridgehead atoms. The van der Waals surface area contributed by atoms with Gasteiger partial charge in [0.05, 0.1) is 18.6 Å². The van der Waals surface area contributed by atoms with Crippen LogP contribution < -0.4 is 10.2 Å². The minimum atomic E-state index is -0.612. The van der Waals surface area contributed by atoms with E-state index in [9.17, 15) is 15.0 Å². The van der Waals surface area contributed by atoms with Gasteiger partial charge in [-0.2, -0.15) is 0 Å². The lowest BCUT2D eigenvalue weighted by Gasteiger charge is -2.31. The lowest BCUT2D eigenvalue weighted by Crippen LogP contribution is -2.35. The van der Waals surface area contributed by atoms with Crippen molar-refractivity contribution in [1.29, 1.82) is 0 Å². The van der Waals surface area contributed by atoms with Crippen LogP contribution in [-0.2, 0) is 4.79 Å². The Hall–Kier alpha value is -1.59. The second kappa shape index (κ2) is 7.61. The van der Waals surface area contributed by atoms with Gasteiger partial charge in [0.25, 0.3) is 0 Å². The standard InChI is InChI=1S/C17H26N2O3/c1-12(2)16(21)11-17(22)18-13-3-5-14(6-4-13)19-9-7-15(20)8-10-19/h3-6,12,15-16,20-21H,7-11H2,1-2H3,(H,18,22)/t16-/m0/s1. The second-order valence-corrected chi connectivity index (χ2v) is 6.33. The van der Waals surface area contributed by atoms with Crippen LogP contribution in [0.3, 0.4) is 0 Å². The molecule has 1 aromatic rings. The molecule has 1 atom stereocenters. The van der Waals surface area contributed by atoms with E-state index in [0.29, 0.717) is 0 Å². The molecule has 1 amide bonds. The van der Waals surface area contributed by atoms with Crippen molar-refractivity contribution in [2.24, 2.45) is 5.92 Å². The molecular weight excluding hydrogens is 280 g/mol. The Morgan fingerprint density at radius 1 is 1.27 bits per heavy atom. The molecule has 1 aliphatic rings. The van der Waals surface area contributed by atoms with Gasteiger partial charge in [-0.05, 0) is 43.0 Å². The summed E-state index contributed by atoms with van der Waals surface area (Å²) in [5.74, 6) is -0.0994. The Balaban J connectivity index is 1.88. The molecule has 1 saturated heterocycles. The highest BCUT2D eigenvalue weighted by Gasteiger charge is 2.17. The molecule has 0 aliphatic carbocycles. The first kappa shape index (κ1) is 16.8. The van der Waals surface area contributed by atoms with Gasteiger partial charge in [0.1, 0.15) is 0 Å². The summed E-state index contributed by atoms with van der Waals surface area (Å²) < 4.78 is 0. The smallest absolute Gasteiger partial charge is 0.226 e. The van der Waals surface area contributed by atoms with Crippen molar-refractivity contribution in [2.45, 2.75) is 45.3 Å². The number of nitrogens with one attached hydrogen (secondary N) is 1. The number of amides is 1. The van der Waals surface area contributed by atoms with Crippen molar-refractivity contribution in [3.63, 3.8) is 0 Å². The number of hydrogen-bond acceptors (Lipinski definition) is 4. The van der Waals surface area contributed by atoms with Crippen LogP contribution in [0, 0.1) is 5.92 Å². The monoisotopic (exact) mass is 306 g/mol. The number of benzene rings is 1. The van der Waals surface area contributed by atoms with Crippen molar-refractivity contribution < 1.29 is 15.0 Å². The van der Waals surface area contributed by atoms with Crippen LogP contribution >= 0.6 is 0 Å². The number of aliphatic hydroxyl groups excluding tert-OH is 2. The maximum atomic E-state index is 11.8. The molecule has 0 aromatic heterocycles. The fraction of sp³-hybridized carbons (Fsp3) is 0.588. The van der Waals surface area contributed by atoms with Gasteiger partial charge in [0.15, 0.2) is 0 Å². The quantitative estimate of drug-likeness (QED) is 0.778. The van der Waals surface area contributed by atoms with Crippen molar-refractivity contribution >= 4 is 17.3 Å². The Morgan fingerprint density at radius 3 is 2.41 bits per heavy atom. The van der Waals surface area contributed by atoms with Gasteiger partial charge in [-0.1, -0.05) is 13.8 Å². The fourth-order valence-corrected chi connectivity index (χ4v) is 2.52. The zero-order valence-electron chi connectivity index (χ0n) is 13.3. The molecule has 0 radical (unpaired) electrons. The van der Waals surface area contributed by atoms with Crippen molar-refractivity contribution in [3.8, 4) is 0 Å². The number of anilines is 2. The molecule has 0 unspecified atom stereocenters. The number of hydrogen-bond donors (Lipinski definition) is 3. The van der Waals surface area contributed by atoms with E-state index in [1.807, 2.05) is 38.1 Å². The number of carbonyl (C=O) groups is 1. The summed E-state index contributed by atoms with van der Waals surface area (Å²) in [6, 6.07) is 7.71. The predicted octanol–water partition coefficient (Wildman–Crippen LogP) is 1.99. The van der Waals surface area contributed by atoms with Gasteiger partial charge in [-0.3, -0.25) is 4.79 Å². The Morgan fingerprint density at radius 2 is 1.86 bits per heavy atom. The number of aliphatic hydroxyl groups is 2. The van der Waals surface area contributed by atoms with E-state index in [4.69, 9.17) is 0 Å². The minimum absolute atomic E-state index is 0.0718. The fourth-order valence-electron chi connectivity index (χ4n) is 2.52. The molecule has 0 saturated carbocycles. The summed E-state index contributed by atoms with van der Waals surface area (Å²) in [4.78, 5) is 14.1. The summed E-state index contributed by atoms with van der Waals surface area (Å²) in [5.41, 5.74) is 1.84.